The Labute approximate surface area is 170 Å². The molecule has 1 N–H and O–H groups in total. The summed E-state index contributed by atoms with van der Waals surface area (Å²) in [4.78, 5) is 16.3. The van der Waals surface area contributed by atoms with Crippen LogP contribution < -0.4 is 19.5 Å². The van der Waals surface area contributed by atoms with Gasteiger partial charge in [0.1, 0.15) is 0 Å². The fourth-order valence-corrected chi connectivity index (χ4v) is 2.64. The standard InChI is InChI=1S/C21H25ClN2O4/c1-5-27-21-17(22)10-15(11-18(21)26-4)6-8-19(25)23-12-16-7-9-20(24-13-16)28-14(2)3/h6-11,13-14H,5,12H2,1-4H3,(H,23,25). The highest BCUT2D eigenvalue weighted by atomic mass is 35.5. The number of hydrogen-bond acceptors (Lipinski definition) is 5. The van der Waals surface area contributed by atoms with Crippen molar-refractivity contribution in [1.29, 1.82) is 0 Å². The van der Waals surface area contributed by atoms with E-state index in [0.29, 0.717) is 35.6 Å². The largest absolute Gasteiger partial charge is 0.493 e. The number of aromatic nitrogens is 1. The first-order valence-electron chi connectivity index (χ1n) is 9.00. The number of rotatable bonds is 9. The first-order chi connectivity index (χ1) is 13.4. The fourth-order valence-electron chi connectivity index (χ4n) is 2.37. The van der Waals surface area contributed by atoms with Crippen LogP contribution in [-0.4, -0.2) is 30.7 Å². The topological polar surface area (TPSA) is 69.7 Å². The molecular formula is C21H25ClN2O4. The maximum absolute atomic E-state index is 12.1. The Bertz CT molecular complexity index is 820. The van der Waals surface area contributed by atoms with E-state index >= 15 is 0 Å². The molecule has 2 rings (SSSR count). The second-order valence-corrected chi connectivity index (χ2v) is 6.60. The third-order valence-corrected chi connectivity index (χ3v) is 3.87. The summed E-state index contributed by atoms with van der Waals surface area (Å²) in [6.45, 7) is 6.59. The maximum atomic E-state index is 12.1. The molecule has 0 bridgehead atoms. The molecule has 0 unspecified atom stereocenters. The molecule has 0 aliphatic rings. The lowest BCUT2D eigenvalue weighted by Crippen LogP contribution is -2.20. The number of hydrogen-bond donors (Lipinski definition) is 1. The minimum atomic E-state index is -0.230. The van der Waals surface area contributed by atoms with Crippen LogP contribution in [0.1, 0.15) is 31.9 Å². The molecule has 150 valence electrons. The van der Waals surface area contributed by atoms with E-state index < -0.39 is 0 Å². The van der Waals surface area contributed by atoms with Crippen LogP contribution >= 0.6 is 11.6 Å². The van der Waals surface area contributed by atoms with Gasteiger partial charge in [0.15, 0.2) is 11.5 Å². The molecule has 1 aromatic carbocycles. The van der Waals surface area contributed by atoms with Gasteiger partial charge in [-0.3, -0.25) is 4.79 Å². The molecule has 28 heavy (non-hydrogen) atoms. The molecule has 2 aromatic rings. The summed E-state index contributed by atoms with van der Waals surface area (Å²) in [7, 11) is 1.54. The maximum Gasteiger partial charge on any atom is 0.244 e. The summed E-state index contributed by atoms with van der Waals surface area (Å²) in [5.74, 6) is 1.34. The van der Waals surface area contributed by atoms with Gasteiger partial charge in [-0.1, -0.05) is 17.7 Å². The lowest BCUT2D eigenvalue weighted by atomic mass is 10.2. The second kappa shape index (κ2) is 10.6. The number of benzene rings is 1. The monoisotopic (exact) mass is 404 g/mol. The number of carbonyl (C=O) groups excluding carboxylic acids is 1. The average molecular weight is 405 g/mol. The highest BCUT2D eigenvalue weighted by Crippen LogP contribution is 2.36. The SMILES string of the molecule is CCOc1c(Cl)cc(C=CC(=O)NCc2ccc(OC(C)C)nc2)cc1OC. The van der Waals surface area contributed by atoms with E-state index in [2.05, 4.69) is 10.3 Å². The average Bonchev–Trinajstić information content (AvgIpc) is 2.67. The molecule has 0 aliphatic heterocycles. The number of nitrogens with one attached hydrogen (secondary N) is 1. The van der Waals surface area contributed by atoms with Crippen molar-refractivity contribution < 1.29 is 19.0 Å². The molecule has 0 spiro atoms. The minimum absolute atomic E-state index is 0.0675. The van der Waals surface area contributed by atoms with Gasteiger partial charge in [-0.15, -0.1) is 0 Å². The Morgan fingerprint density at radius 3 is 2.71 bits per heavy atom. The lowest BCUT2D eigenvalue weighted by Gasteiger charge is -2.11. The van der Waals surface area contributed by atoms with Crippen LogP contribution in [0.2, 0.25) is 5.02 Å². The van der Waals surface area contributed by atoms with Gasteiger partial charge in [-0.25, -0.2) is 4.98 Å². The molecule has 7 heteroatoms. The van der Waals surface area contributed by atoms with Gasteiger partial charge in [-0.05, 0) is 50.1 Å². The van der Waals surface area contributed by atoms with Crippen LogP contribution in [-0.2, 0) is 11.3 Å². The van der Waals surface area contributed by atoms with E-state index in [1.165, 1.54) is 6.08 Å². The van der Waals surface area contributed by atoms with Gasteiger partial charge >= 0.3 is 0 Å². The van der Waals surface area contributed by atoms with Crippen molar-refractivity contribution in [2.45, 2.75) is 33.4 Å². The molecule has 1 amide bonds. The first kappa shape index (κ1) is 21.6. The Morgan fingerprint density at radius 2 is 2.11 bits per heavy atom. The third-order valence-electron chi connectivity index (χ3n) is 3.59. The van der Waals surface area contributed by atoms with Crippen molar-refractivity contribution in [3.63, 3.8) is 0 Å². The number of methoxy groups -OCH3 is 1. The van der Waals surface area contributed by atoms with Crippen molar-refractivity contribution >= 4 is 23.6 Å². The van der Waals surface area contributed by atoms with E-state index in [4.69, 9.17) is 25.8 Å². The van der Waals surface area contributed by atoms with Gasteiger partial charge in [0.25, 0.3) is 0 Å². The predicted molar refractivity (Wildman–Crippen MR) is 110 cm³/mol. The van der Waals surface area contributed by atoms with Crippen LogP contribution in [0.4, 0.5) is 0 Å². The zero-order valence-electron chi connectivity index (χ0n) is 16.5. The summed E-state index contributed by atoms with van der Waals surface area (Å²) in [5, 5.41) is 3.24. The number of ether oxygens (including phenoxy) is 3. The van der Waals surface area contributed by atoms with Gasteiger partial charge in [-0.2, -0.15) is 0 Å². The molecule has 0 atom stereocenters. The molecular weight excluding hydrogens is 380 g/mol. The first-order valence-corrected chi connectivity index (χ1v) is 9.38. The van der Waals surface area contributed by atoms with Gasteiger partial charge < -0.3 is 19.5 Å². The molecule has 0 saturated heterocycles. The van der Waals surface area contributed by atoms with E-state index in [1.54, 1.807) is 37.6 Å². The summed E-state index contributed by atoms with van der Waals surface area (Å²) in [6.07, 6.45) is 4.85. The normalized spacial score (nSPS) is 10.9. The Hall–Kier alpha value is -2.73. The van der Waals surface area contributed by atoms with Crippen molar-refractivity contribution in [2.75, 3.05) is 13.7 Å². The van der Waals surface area contributed by atoms with Crippen LogP contribution in [0.25, 0.3) is 6.08 Å². The van der Waals surface area contributed by atoms with E-state index in [0.717, 1.165) is 11.1 Å². The molecule has 0 radical (unpaired) electrons. The molecule has 0 aliphatic carbocycles. The van der Waals surface area contributed by atoms with Crippen molar-refractivity contribution in [2.24, 2.45) is 0 Å². The quantitative estimate of drug-likeness (QED) is 0.632. The Kier molecular flexibility index (Phi) is 8.14. The van der Waals surface area contributed by atoms with Crippen molar-refractivity contribution in [3.8, 4) is 17.4 Å². The molecule has 0 saturated carbocycles. The molecule has 6 nitrogen and oxygen atoms in total. The zero-order valence-corrected chi connectivity index (χ0v) is 17.2. The van der Waals surface area contributed by atoms with Gasteiger partial charge in [0.05, 0.1) is 24.8 Å². The second-order valence-electron chi connectivity index (χ2n) is 6.19. The predicted octanol–water partition coefficient (Wildman–Crippen LogP) is 4.26. The number of pyridine rings is 1. The third kappa shape index (κ3) is 6.46. The van der Waals surface area contributed by atoms with Crippen LogP contribution in [0, 0.1) is 0 Å². The minimum Gasteiger partial charge on any atom is -0.493 e. The smallest absolute Gasteiger partial charge is 0.244 e. The highest BCUT2D eigenvalue weighted by molar-refractivity contribution is 6.32. The summed E-state index contributed by atoms with van der Waals surface area (Å²) < 4.78 is 16.3. The van der Waals surface area contributed by atoms with Gasteiger partial charge in [0.2, 0.25) is 11.8 Å². The Balaban J connectivity index is 1.95. The van der Waals surface area contributed by atoms with E-state index in [1.807, 2.05) is 26.8 Å². The van der Waals surface area contributed by atoms with E-state index in [-0.39, 0.29) is 12.0 Å². The van der Waals surface area contributed by atoms with Crippen LogP contribution in [0.15, 0.2) is 36.5 Å². The highest BCUT2D eigenvalue weighted by Gasteiger charge is 2.10. The molecule has 0 fully saturated rings. The summed E-state index contributed by atoms with van der Waals surface area (Å²) >= 11 is 6.24. The molecule has 1 heterocycles. The lowest BCUT2D eigenvalue weighted by molar-refractivity contribution is -0.116. The van der Waals surface area contributed by atoms with Crippen LogP contribution in [0.5, 0.6) is 17.4 Å². The number of carbonyl (C=O) groups is 1. The Morgan fingerprint density at radius 1 is 1.32 bits per heavy atom. The summed E-state index contributed by atoms with van der Waals surface area (Å²) in [6, 6.07) is 7.13. The van der Waals surface area contributed by atoms with Crippen molar-refractivity contribution in [3.05, 3.63) is 52.7 Å². The van der Waals surface area contributed by atoms with Crippen molar-refractivity contribution in [1.82, 2.24) is 10.3 Å². The number of halogens is 1. The van der Waals surface area contributed by atoms with Gasteiger partial charge in [0, 0.05) is 24.9 Å². The van der Waals surface area contributed by atoms with Crippen LogP contribution in [0.3, 0.4) is 0 Å². The fraction of sp³-hybridized carbons (Fsp3) is 0.333. The summed E-state index contributed by atoms with van der Waals surface area (Å²) in [5.41, 5.74) is 1.61. The van der Waals surface area contributed by atoms with E-state index in [9.17, 15) is 4.79 Å². The zero-order chi connectivity index (χ0) is 20.5. The molecule has 1 aromatic heterocycles. The number of amides is 1. The number of nitrogens with zero attached hydrogens (tertiary/aromatic N) is 1.